The Morgan fingerprint density at radius 3 is 2.64 bits per heavy atom. The van der Waals surface area contributed by atoms with Gasteiger partial charge < -0.3 is 0 Å². The van der Waals surface area contributed by atoms with Crippen molar-refractivity contribution in [1.82, 2.24) is 0 Å². The third-order valence-corrected chi connectivity index (χ3v) is 2.37. The van der Waals surface area contributed by atoms with E-state index in [2.05, 4.69) is 26.0 Å². The molecule has 1 rings (SSSR count). The second-order valence-electron chi connectivity index (χ2n) is 3.74. The number of ketones is 1. The molecule has 0 fully saturated rings. The Balaban J connectivity index is 2.73. The fraction of sp³-hybridized carbons (Fsp3) is 0.700. The largest absolute Gasteiger partial charge is 0.299 e. The van der Waals surface area contributed by atoms with Gasteiger partial charge in [0.1, 0.15) is 5.78 Å². The average Bonchev–Trinajstić information content (AvgIpc) is 1.94. The van der Waals surface area contributed by atoms with Crippen LogP contribution in [0.2, 0.25) is 0 Å². The topological polar surface area (TPSA) is 17.1 Å². The molecule has 0 aromatic carbocycles. The summed E-state index contributed by atoms with van der Waals surface area (Å²) in [6.07, 6.45) is 5.13. The Hall–Kier alpha value is -0.590. The van der Waals surface area contributed by atoms with Gasteiger partial charge in [-0.3, -0.25) is 4.79 Å². The molecule has 0 heterocycles. The summed E-state index contributed by atoms with van der Waals surface area (Å²) < 4.78 is 0. The van der Waals surface area contributed by atoms with Crippen molar-refractivity contribution in [3.05, 3.63) is 12.2 Å². The molecule has 0 saturated carbocycles. The number of carbonyl (C=O) groups excluding carboxylic acids is 1. The summed E-state index contributed by atoms with van der Waals surface area (Å²) >= 11 is 0. The molecule has 0 spiro atoms. The van der Waals surface area contributed by atoms with Crippen molar-refractivity contribution in [2.45, 2.75) is 27.2 Å². The second kappa shape index (κ2) is 3.21. The minimum absolute atomic E-state index is 0.179. The molecule has 1 aliphatic rings. The summed E-state index contributed by atoms with van der Waals surface area (Å²) in [5.41, 5.74) is 0. The van der Waals surface area contributed by atoms with Crippen LogP contribution in [0.15, 0.2) is 12.2 Å². The van der Waals surface area contributed by atoms with Crippen LogP contribution in [0, 0.1) is 17.8 Å². The lowest BCUT2D eigenvalue weighted by Gasteiger charge is -2.23. The van der Waals surface area contributed by atoms with Crippen LogP contribution in [0.3, 0.4) is 0 Å². The van der Waals surface area contributed by atoms with Gasteiger partial charge in [-0.15, -0.1) is 0 Å². The highest BCUT2D eigenvalue weighted by Gasteiger charge is 2.26. The highest BCUT2D eigenvalue weighted by Crippen LogP contribution is 2.24. The molecule has 2 unspecified atom stereocenters. The van der Waals surface area contributed by atoms with E-state index in [-0.39, 0.29) is 11.8 Å². The van der Waals surface area contributed by atoms with E-state index in [1.165, 1.54) is 0 Å². The van der Waals surface area contributed by atoms with E-state index in [0.29, 0.717) is 11.7 Å². The fourth-order valence-electron chi connectivity index (χ4n) is 1.52. The Morgan fingerprint density at radius 1 is 1.55 bits per heavy atom. The standard InChI is InChI=1S/C10H16O/c1-7(2)9-6-4-5-8(3)10(9)11/h4,6-9H,5H2,1-3H3. The van der Waals surface area contributed by atoms with Crippen LogP contribution in [0.1, 0.15) is 27.2 Å². The maximum Gasteiger partial charge on any atom is 0.143 e. The minimum Gasteiger partial charge on any atom is -0.299 e. The summed E-state index contributed by atoms with van der Waals surface area (Å²) in [4.78, 5) is 11.5. The van der Waals surface area contributed by atoms with Crippen molar-refractivity contribution < 1.29 is 4.79 Å². The molecule has 62 valence electrons. The highest BCUT2D eigenvalue weighted by molar-refractivity contribution is 5.86. The van der Waals surface area contributed by atoms with E-state index in [4.69, 9.17) is 0 Å². The maximum atomic E-state index is 11.5. The van der Waals surface area contributed by atoms with Gasteiger partial charge in [0, 0.05) is 11.8 Å². The van der Waals surface area contributed by atoms with Crippen molar-refractivity contribution in [2.75, 3.05) is 0 Å². The van der Waals surface area contributed by atoms with Crippen LogP contribution in [-0.4, -0.2) is 5.78 Å². The van der Waals surface area contributed by atoms with Gasteiger partial charge in [-0.05, 0) is 12.3 Å². The van der Waals surface area contributed by atoms with Gasteiger partial charge in [-0.2, -0.15) is 0 Å². The summed E-state index contributed by atoms with van der Waals surface area (Å²) in [5, 5.41) is 0. The number of rotatable bonds is 1. The molecule has 0 saturated heterocycles. The Kier molecular flexibility index (Phi) is 2.48. The molecule has 2 atom stereocenters. The van der Waals surface area contributed by atoms with Gasteiger partial charge in [0.2, 0.25) is 0 Å². The molecule has 0 N–H and O–H groups in total. The van der Waals surface area contributed by atoms with Crippen molar-refractivity contribution in [3.8, 4) is 0 Å². The van der Waals surface area contributed by atoms with Crippen molar-refractivity contribution in [3.63, 3.8) is 0 Å². The molecule has 11 heavy (non-hydrogen) atoms. The third-order valence-electron chi connectivity index (χ3n) is 2.37. The van der Waals surface area contributed by atoms with Crippen LogP contribution in [0.25, 0.3) is 0 Å². The van der Waals surface area contributed by atoms with Crippen molar-refractivity contribution in [2.24, 2.45) is 17.8 Å². The van der Waals surface area contributed by atoms with Crippen LogP contribution in [-0.2, 0) is 4.79 Å². The fourth-order valence-corrected chi connectivity index (χ4v) is 1.52. The Labute approximate surface area is 68.5 Å². The van der Waals surface area contributed by atoms with Gasteiger partial charge in [0.15, 0.2) is 0 Å². The van der Waals surface area contributed by atoms with E-state index in [9.17, 15) is 4.79 Å². The van der Waals surface area contributed by atoms with Crippen LogP contribution < -0.4 is 0 Å². The first-order chi connectivity index (χ1) is 5.13. The lowest BCUT2D eigenvalue weighted by molar-refractivity contribution is -0.126. The van der Waals surface area contributed by atoms with Gasteiger partial charge in [-0.1, -0.05) is 32.9 Å². The summed E-state index contributed by atoms with van der Waals surface area (Å²) in [7, 11) is 0. The zero-order valence-electron chi connectivity index (χ0n) is 7.50. The van der Waals surface area contributed by atoms with Crippen LogP contribution in [0.5, 0.6) is 0 Å². The third kappa shape index (κ3) is 1.70. The summed E-state index contributed by atoms with van der Waals surface area (Å²) in [6.45, 7) is 6.22. The van der Waals surface area contributed by atoms with Crippen molar-refractivity contribution >= 4 is 5.78 Å². The quantitative estimate of drug-likeness (QED) is 0.527. The van der Waals surface area contributed by atoms with E-state index < -0.39 is 0 Å². The number of hydrogen-bond acceptors (Lipinski definition) is 1. The monoisotopic (exact) mass is 152 g/mol. The van der Waals surface area contributed by atoms with E-state index in [0.717, 1.165) is 6.42 Å². The predicted molar refractivity (Wildman–Crippen MR) is 46.3 cm³/mol. The van der Waals surface area contributed by atoms with E-state index >= 15 is 0 Å². The lowest BCUT2D eigenvalue weighted by Crippen LogP contribution is -2.26. The Bertz CT molecular complexity index is 179. The molecule has 0 amide bonds. The molecule has 1 heteroatoms. The Morgan fingerprint density at radius 2 is 2.18 bits per heavy atom. The average molecular weight is 152 g/mol. The van der Waals surface area contributed by atoms with Crippen molar-refractivity contribution in [1.29, 1.82) is 0 Å². The van der Waals surface area contributed by atoms with Gasteiger partial charge in [0.25, 0.3) is 0 Å². The molecule has 0 aromatic rings. The molecule has 0 radical (unpaired) electrons. The predicted octanol–water partition coefficient (Wildman–Crippen LogP) is 2.42. The van der Waals surface area contributed by atoms with Crippen LogP contribution in [0.4, 0.5) is 0 Å². The second-order valence-corrected chi connectivity index (χ2v) is 3.74. The lowest BCUT2D eigenvalue weighted by atomic mass is 9.80. The number of hydrogen-bond donors (Lipinski definition) is 0. The molecular weight excluding hydrogens is 136 g/mol. The van der Waals surface area contributed by atoms with Gasteiger partial charge >= 0.3 is 0 Å². The first-order valence-electron chi connectivity index (χ1n) is 4.33. The summed E-state index contributed by atoms with van der Waals surface area (Å²) in [6, 6.07) is 0. The molecule has 0 aliphatic heterocycles. The highest BCUT2D eigenvalue weighted by atomic mass is 16.1. The normalized spacial score (nSPS) is 31.5. The zero-order chi connectivity index (χ0) is 8.43. The molecule has 0 aromatic heterocycles. The number of carbonyl (C=O) groups is 1. The summed E-state index contributed by atoms with van der Waals surface area (Å²) in [5.74, 6) is 1.30. The maximum absolute atomic E-state index is 11.5. The first-order valence-corrected chi connectivity index (χ1v) is 4.33. The molecule has 0 bridgehead atoms. The number of allylic oxidation sites excluding steroid dienone is 2. The molecular formula is C10H16O. The first kappa shape index (κ1) is 8.51. The molecule has 1 nitrogen and oxygen atoms in total. The molecule has 1 aliphatic carbocycles. The van der Waals surface area contributed by atoms with E-state index in [1.54, 1.807) is 0 Å². The minimum atomic E-state index is 0.179. The zero-order valence-corrected chi connectivity index (χ0v) is 7.50. The van der Waals surface area contributed by atoms with E-state index in [1.807, 2.05) is 6.92 Å². The number of Topliss-reactive ketones (excluding diaryl/α,β-unsaturated/α-hetero) is 1. The van der Waals surface area contributed by atoms with Crippen LogP contribution >= 0.6 is 0 Å². The smallest absolute Gasteiger partial charge is 0.143 e. The van der Waals surface area contributed by atoms with Gasteiger partial charge in [-0.25, -0.2) is 0 Å². The SMILES string of the molecule is CC1CC=CC(C(C)C)C1=O. The van der Waals surface area contributed by atoms with Gasteiger partial charge in [0.05, 0.1) is 0 Å².